The summed E-state index contributed by atoms with van der Waals surface area (Å²) >= 11 is 0. The summed E-state index contributed by atoms with van der Waals surface area (Å²) < 4.78 is 33.5. The molecule has 0 N–H and O–H groups in total. The van der Waals surface area contributed by atoms with Crippen molar-refractivity contribution in [2.24, 2.45) is 7.05 Å². The average molecular weight is 249 g/mol. The van der Waals surface area contributed by atoms with Gasteiger partial charge in [0.05, 0.1) is 13.4 Å². The zero-order valence-electron chi connectivity index (χ0n) is 9.74. The molecule has 1 aromatic heterocycles. The van der Waals surface area contributed by atoms with E-state index < -0.39 is 11.6 Å². The predicted molar refractivity (Wildman–Crippen MR) is 59.8 cm³/mol. The number of nitrogens with zero attached hydrogens (tertiary/aromatic N) is 3. The maximum atomic E-state index is 13.8. The van der Waals surface area contributed by atoms with Crippen LogP contribution in [0.4, 0.5) is 8.78 Å². The van der Waals surface area contributed by atoms with Crippen molar-refractivity contribution in [2.45, 2.75) is 0 Å². The van der Waals surface area contributed by atoms with Gasteiger partial charge in [-0.3, -0.25) is 0 Å². The van der Waals surface area contributed by atoms with Gasteiger partial charge in [-0.25, -0.2) is 13.8 Å². The van der Waals surface area contributed by atoms with E-state index in [2.05, 4.69) is 9.72 Å². The van der Waals surface area contributed by atoms with E-state index in [-0.39, 0.29) is 22.7 Å². The summed E-state index contributed by atoms with van der Waals surface area (Å²) in [6, 6.07) is 3.80. The number of aryl methyl sites for hydroxylation is 1. The lowest BCUT2D eigenvalue weighted by Gasteiger charge is -2.05. The van der Waals surface area contributed by atoms with Crippen LogP contribution < -0.4 is 4.74 Å². The number of benzene rings is 1. The number of nitriles is 1. The molecule has 18 heavy (non-hydrogen) atoms. The quantitative estimate of drug-likeness (QED) is 0.820. The summed E-state index contributed by atoms with van der Waals surface area (Å²) in [5.74, 6) is -1.59. The second-order valence-electron chi connectivity index (χ2n) is 3.63. The summed E-state index contributed by atoms with van der Waals surface area (Å²) in [5.41, 5.74) is 0.211. The van der Waals surface area contributed by atoms with Crippen LogP contribution in [-0.4, -0.2) is 16.7 Å². The number of imidazole rings is 1. The molecule has 0 saturated heterocycles. The fourth-order valence-corrected chi connectivity index (χ4v) is 1.63. The highest BCUT2D eigenvalue weighted by Crippen LogP contribution is 2.29. The van der Waals surface area contributed by atoms with Crippen molar-refractivity contribution in [1.29, 1.82) is 5.26 Å². The van der Waals surface area contributed by atoms with Gasteiger partial charge in [-0.05, 0) is 6.07 Å². The lowest BCUT2D eigenvalue weighted by Crippen LogP contribution is -1.95. The molecule has 4 nitrogen and oxygen atoms in total. The van der Waals surface area contributed by atoms with Crippen LogP contribution in [0.15, 0.2) is 18.5 Å². The number of rotatable bonds is 2. The van der Waals surface area contributed by atoms with Gasteiger partial charge in [0.1, 0.15) is 23.3 Å². The van der Waals surface area contributed by atoms with Crippen molar-refractivity contribution in [2.75, 3.05) is 7.11 Å². The van der Waals surface area contributed by atoms with Crippen molar-refractivity contribution in [3.05, 3.63) is 35.8 Å². The Morgan fingerprint density at radius 3 is 2.67 bits per heavy atom. The highest BCUT2D eigenvalue weighted by atomic mass is 19.1. The van der Waals surface area contributed by atoms with Gasteiger partial charge >= 0.3 is 0 Å². The molecular formula is C12H9F2N3O. The van der Waals surface area contributed by atoms with E-state index in [1.807, 2.05) is 6.07 Å². The topological polar surface area (TPSA) is 50.8 Å². The maximum Gasteiger partial charge on any atom is 0.165 e. The minimum absolute atomic E-state index is 0.0644. The van der Waals surface area contributed by atoms with Gasteiger partial charge < -0.3 is 9.30 Å². The van der Waals surface area contributed by atoms with Gasteiger partial charge in [-0.15, -0.1) is 0 Å². The molecule has 1 heterocycles. The zero-order chi connectivity index (χ0) is 13.3. The van der Waals surface area contributed by atoms with Gasteiger partial charge in [0.25, 0.3) is 0 Å². The highest BCUT2D eigenvalue weighted by molar-refractivity contribution is 5.66. The Bertz CT molecular complexity index is 644. The first kappa shape index (κ1) is 12.0. The van der Waals surface area contributed by atoms with Crippen molar-refractivity contribution in [3.63, 3.8) is 0 Å². The van der Waals surface area contributed by atoms with Crippen molar-refractivity contribution < 1.29 is 13.5 Å². The first-order chi connectivity index (χ1) is 8.58. The summed E-state index contributed by atoms with van der Waals surface area (Å²) in [5, 5.41) is 8.96. The normalized spacial score (nSPS) is 10.2. The third kappa shape index (κ3) is 1.80. The molecular weight excluding hydrogens is 240 g/mol. The molecule has 2 aromatic rings. The second kappa shape index (κ2) is 4.45. The molecule has 0 aliphatic rings. The molecule has 0 spiro atoms. The molecule has 0 fully saturated rings. The number of hydrogen-bond acceptors (Lipinski definition) is 3. The highest BCUT2D eigenvalue weighted by Gasteiger charge is 2.18. The minimum atomic E-state index is -0.705. The van der Waals surface area contributed by atoms with Crippen molar-refractivity contribution >= 4 is 0 Å². The van der Waals surface area contributed by atoms with Gasteiger partial charge in [0.15, 0.2) is 11.6 Å². The van der Waals surface area contributed by atoms with Gasteiger partial charge in [-0.2, -0.15) is 5.26 Å². The Labute approximate surface area is 102 Å². The molecule has 92 valence electrons. The summed E-state index contributed by atoms with van der Waals surface area (Å²) in [6.07, 6.45) is 1.37. The molecule has 0 radical (unpaired) electrons. The minimum Gasteiger partial charge on any atom is -0.494 e. The molecule has 1 aromatic carbocycles. The van der Waals surface area contributed by atoms with Crippen LogP contribution in [0.5, 0.6) is 5.75 Å². The zero-order valence-corrected chi connectivity index (χ0v) is 9.74. The fraction of sp³-hybridized carbons (Fsp3) is 0.167. The van der Waals surface area contributed by atoms with Crippen LogP contribution in [0.2, 0.25) is 0 Å². The number of halogens is 2. The number of ether oxygens (including phenoxy) is 1. The third-order valence-corrected chi connectivity index (χ3v) is 2.54. The van der Waals surface area contributed by atoms with Crippen LogP contribution in [-0.2, 0) is 7.05 Å². The van der Waals surface area contributed by atoms with Gasteiger partial charge in [0.2, 0.25) is 0 Å². The SMILES string of the molecule is COc1cc(F)c(-c2ncn(C)c2C#N)cc1F. The van der Waals surface area contributed by atoms with Crippen LogP contribution in [0.1, 0.15) is 5.69 Å². The largest absolute Gasteiger partial charge is 0.494 e. The average Bonchev–Trinajstić information content (AvgIpc) is 2.72. The predicted octanol–water partition coefficient (Wildman–Crippen LogP) is 2.25. The summed E-state index contributed by atoms with van der Waals surface area (Å²) in [6.45, 7) is 0. The molecule has 0 amide bonds. The van der Waals surface area contributed by atoms with E-state index in [0.717, 1.165) is 12.1 Å². The first-order valence-electron chi connectivity index (χ1n) is 5.03. The standard InChI is InChI=1S/C12H9F2N3O/c1-17-6-16-12(10(17)5-15)7-3-9(14)11(18-2)4-8(7)13/h3-4,6H,1-2H3. The molecule has 6 heteroatoms. The number of aromatic nitrogens is 2. The molecule has 2 rings (SSSR count). The molecule has 0 aliphatic carbocycles. The molecule has 0 aliphatic heterocycles. The Morgan fingerprint density at radius 2 is 2.06 bits per heavy atom. The van der Waals surface area contributed by atoms with Crippen LogP contribution in [0.25, 0.3) is 11.3 Å². The molecule has 0 unspecified atom stereocenters. The smallest absolute Gasteiger partial charge is 0.165 e. The third-order valence-electron chi connectivity index (χ3n) is 2.54. The lowest BCUT2D eigenvalue weighted by atomic mass is 10.1. The van der Waals surface area contributed by atoms with E-state index in [1.54, 1.807) is 7.05 Å². The second-order valence-corrected chi connectivity index (χ2v) is 3.63. The maximum absolute atomic E-state index is 13.8. The van der Waals surface area contributed by atoms with Gasteiger partial charge in [0, 0.05) is 18.7 Å². The Kier molecular flexibility index (Phi) is 2.98. The lowest BCUT2D eigenvalue weighted by molar-refractivity contribution is 0.383. The Morgan fingerprint density at radius 1 is 1.33 bits per heavy atom. The molecule has 0 bridgehead atoms. The van der Waals surface area contributed by atoms with Crippen molar-refractivity contribution in [3.8, 4) is 23.1 Å². The Hall–Kier alpha value is -2.42. The van der Waals surface area contributed by atoms with Crippen molar-refractivity contribution in [1.82, 2.24) is 9.55 Å². The Balaban J connectivity index is 2.65. The monoisotopic (exact) mass is 249 g/mol. The van der Waals surface area contributed by atoms with E-state index in [9.17, 15) is 8.78 Å². The summed E-state index contributed by atoms with van der Waals surface area (Å²) in [4.78, 5) is 3.91. The number of methoxy groups -OCH3 is 1. The van der Waals surface area contributed by atoms with Crippen LogP contribution in [0, 0.1) is 23.0 Å². The fourth-order valence-electron chi connectivity index (χ4n) is 1.63. The van der Waals surface area contributed by atoms with E-state index >= 15 is 0 Å². The van der Waals surface area contributed by atoms with Gasteiger partial charge in [-0.1, -0.05) is 0 Å². The van der Waals surface area contributed by atoms with Crippen LogP contribution in [0.3, 0.4) is 0 Å². The molecule has 0 atom stereocenters. The van der Waals surface area contributed by atoms with E-state index in [0.29, 0.717) is 0 Å². The first-order valence-corrected chi connectivity index (χ1v) is 5.03. The van der Waals surface area contributed by atoms with E-state index in [1.165, 1.54) is 18.0 Å². The molecule has 0 saturated carbocycles. The van der Waals surface area contributed by atoms with Crippen LogP contribution >= 0.6 is 0 Å². The summed E-state index contributed by atoms with van der Waals surface area (Å²) in [7, 11) is 2.85. The number of hydrogen-bond donors (Lipinski definition) is 0. The van der Waals surface area contributed by atoms with E-state index in [4.69, 9.17) is 5.26 Å².